The summed E-state index contributed by atoms with van der Waals surface area (Å²) in [6.45, 7) is 1.93. The highest BCUT2D eigenvalue weighted by molar-refractivity contribution is 9.10. The molecule has 1 rings (SSSR count). The Morgan fingerprint density at radius 1 is 1.75 bits per heavy atom. The van der Waals surface area contributed by atoms with E-state index < -0.39 is 0 Å². The lowest BCUT2D eigenvalue weighted by Gasteiger charge is -2.06. The molecule has 1 heterocycles. The molecule has 5 heteroatoms. The Morgan fingerprint density at radius 2 is 2.42 bits per heavy atom. The summed E-state index contributed by atoms with van der Waals surface area (Å²) in [5.41, 5.74) is 6.18. The van der Waals surface area contributed by atoms with E-state index in [0.29, 0.717) is 10.4 Å². The number of aliphatic hydroxyl groups excluding tert-OH is 1. The number of anilines is 1. The van der Waals surface area contributed by atoms with Gasteiger partial charge in [0.1, 0.15) is 4.60 Å². The number of nitrogens with zero attached hydrogens (tertiary/aromatic N) is 2. The maximum absolute atomic E-state index is 8.83. The predicted molar refractivity (Wildman–Crippen MR) is 49.6 cm³/mol. The Bertz CT molecular complexity index is 279. The van der Waals surface area contributed by atoms with Crippen molar-refractivity contribution in [2.45, 2.75) is 12.8 Å². The van der Waals surface area contributed by atoms with Gasteiger partial charge in [-0.05, 0) is 15.9 Å². The third-order valence-electron chi connectivity index (χ3n) is 1.55. The minimum atomic E-state index is -0.00519. The summed E-state index contributed by atoms with van der Waals surface area (Å²) in [5, 5.41) is 8.83. The lowest BCUT2D eigenvalue weighted by Crippen LogP contribution is -2.04. The highest BCUT2D eigenvalue weighted by Crippen LogP contribution is 2.17. The molecule has 0 aromatic carbocycles. The minimum absolute atomic E-state index is 0.00519. The van der Waals surface area contributed by atoms with Crippen LogP contribution in [0.25, 0.3) is 0 Å². The van der Waals surface area contributed by atoms with Gasteiger partial charge in [0.15, 0.2) is 5.82 Å². The molecule has 4 nitrogen and oxygen atoms in total. The van der Waals surface area contributed by atoms with Gasteiger partial charge in [-0.3, -0.25) is 0 Å². The van der Waals surface area contributed by atoms with Crippen LogP contribution in [0.3, 0.4) is 0 Å². The average Bonchev–Trinajstić information content (AvgIpc) is 2.08. The molecular weight excluding hydrogens is 222 g/mol. The van der Waals surface area contributed by atoms with Crippen LogP contribution < -0.4 is 5.73 Å². The normalized spacial score (nSPS) is 12.9. The minimum Gasteiger partial charge on any atom is -0.396 e. The highest BCUT2D eigenvalue weighted by Gasteiger charge is 2.07. The van der Waals surface area contributed by atoms with E-state index in [9.17, 15) is 0 Å². The zero-order valence-electron chi connectivity index (χ0n) is 6.66. The Balaban J connectivity index is 2.96. The molecule has 0 bridgehead atoms. The molecule has 0 saturated heterocycles. The van der Waals surface area contributed by atoms with Crippen molar-refractivity contribution in [3.05, 3.63) is 16.5 Å². The fourth-order valence-corrected chi connectivity index (χ4v) is 1.03. The van der Waals surface area contributed by atoms with Crippen LogP contribution in [-0.4, -0.2) is 21.7 Å². The number of hydrogen-bond acceptors (Lipinski definition) is 4. The molecule has 1 aromatic heterocycles. The van der Waals surface area contributed by atoms with Gasteiger partial charge in [-0.2, -0.15) is 0 Å². The van der Waals surface area contributed by atoms with Crippen molar-refractivity contribution < 1.29 is 5.11 Å². The molecule has 0 saturated carbocycles. The van der Waals surface area contributed by atoms with Gasteiger partial charge in [0, 0.05) is 5.92 Å². The standard InChI is InChI=1S/C7H10BrN3O/c1-4(3-12)5-2-10-7(9)6(8)11-5/h2,4,12H,3H2,1H3,(H2,9,10)/t4-/m1/s1. The van der Waals surface area contributed by atoms with Crippen LogP contribution in [0.15, 0.2) is 10.8 Å². The van der Waals surface area contributed by atoms with Gasteiger partial charge in [-0.25, -0.2) is 9.97 Å². The molecule has 66 valence electrons. The maximum atomic E-state index is 8.83. The van der Waals surface area contributed by atoms with E-state index in [1.165, 1.54) is 0 Å². The molecule has 1 atom stereocenters. The van der Waals surface area contributed by atoms with Crippen molar-refractivity contribution in [1.82, 2.24) is 9.97 Å². The lowest BCUT2D eigenvalue weighted by atomic mass is 10.1. The molecule has 0 aliphatic rings. The summed E-state index contributed by atoms with van der Waals surface area (Å²) in [7, 11) is 0. The molecule has 0 aliphatic heterocycles. The summed E-state index contributed by atoms with van der Waals surface area (Å²) in [4.78, 5) is 8.02. The molecule has 0 radical (unpaired) electrons. The van der Waals surface area contributed by atoms with E-state index in [4.69, 9.17) is 10.8 Å². The second kappa shape index (κ2) is 3.82. The SMILES string of the molecule is C[C@H](CO)c1cnc(N)c(Br)n1. The number of hydrogen-bond donors (Lipinski definition) is 2. The first kappa shape index (κ1) is 9.41. The van der Waals surface area contributed by atoms with E-state index in [0.717, 1.165) is 5.69 Å². The largest absolute Gasteiger partial charge is 0.396 e. The molecule has 0 amide bonds. The van der Waals surface area contributed by atoms with Crippen LogP contribution in [-0.2, 0) is 0 Å². The predicted octanol–water partition coefficient (Wildman–Crippen LogP) is 0.917. The summed E-state index contributed by atoms with van der Waals surface area (Å²) in [5.74, 6) is 0.360. The Kier molecular flexibility index (Phi) is 2.99. The second-order valence-electron chi connectivity index (χ2n) is 2.55. The van der Waals surface area contributed by atoms with Gasteiger partial charge >= 0.3 is 0 Å². The summed E-state index contributed by atoms with van der Waals surface area (Å²) < 4.78 is 0.528. The molecule has 0 spiro atoms. The van der Waals surface area contributed by atoms with E-state index in [-0.39, 0.29) is 12.5 Å². The van der Waals surface area contributed by atoms with Gasteiger partial charge in [-0.1, -0.05) is 6.92 Å². The Hall–Kier alpha value is -0.680. The number of aromatic nitrogens is 2. The van der Waals surface area contributed by atoms with Crippen LogP contribution in [0, 0.1) is 0 Å². The Labute approximate surface area is 79.0 Å². The van der Waals surface area contributed by atoms with Gasteiger partial charge in [0.25, 0.3) is 0 Å². The zero-order valence-corrected chi connectivity index (χ0v) is 8.24. The summed E-state index contributed by atoms with van der Waals surface area (Å²) in [6, 6.07) is 0. The average molecular weight is 232 g/mol. The van der Waals surface area contributed by atoms with Crippen molar-refractivity contribution in [2.24, 2.45) is 0 Å². The van der Waals surface area contributed by atoms with Crippen molar-refractivity contribution in [3.63, 3.8) is 0 Å². The topological polar surface area (TPSA) is 72.0 Å². The van der Waals surface area contributed by atoms with E-state index in [1.54, 1.807) is 6.20 Å². The zero-order chi connectivity index (χ0) is 9.14. The van der Waals surface area contributed by atoms with Crippen LogP contribution in [0.1, 0.15) is 18.5 Å². The first-order valence-corrected chi connectivity index (χ1v) is 4.33. The van der Waals surface area contributed by atoms with Crippen LogP contribution >= 0.6 is 15.9 Å². The quantitative estimate of drug-likeness (QED) is 0.795. The first-order chi connectivity index (χ1) is 5.65. The van der Waals surface area contributed by atoms with Gasteiger partial charge in [0.05, 0.1) is 18.5 Å². The fourth-order valence-electron chi connectivity index (χ4n) is 0.719. The third-order valence-corrected chi connectivity index (χ3v) is 2.14. The van der Waals surface area contributed by atoms with Crippen LogP contribution in [0.4, 0.5) is 5.82 Å². The molecule has 1 aromatic rings. The lowest BCUT2D eigenvalue weighted by molar-refractivity contribution is 0.270. The van der Waals surface area contributed by atoms with E-state index in [1.807, 2.05) is 6.92 Å². The number of aliphatic hydroxyl groups is 1. The molecule has 0 unspecified atom stereocenters. The van der Waals surface area contributed by atoms with E-state index in [2.05, 4.69) is 25.9 Å². The fraction of sp³-hybridized carbons (Fsp3) is 0.429. The van der Waals surface area contributed by atoms with Gasteiger partial charge in [-0.15, -0.1) is 0 Å². The Morgan fingerprint density at radius 3 is 2.92 bits per heavy atom. The third kappa shape index (κ3) is 1.92. The summed E-state index contributed by atoms with van der Waals surface area (Å²) >= 11 is 3.16. The molecule has 3 N–H and O–H groups in total. The van der Waals surface area contributed by atoms with Gasteiger partial charge < -0.3 is 10.8 Å². The van der Waals surface area contributed by atoms with Crippen LogP contribution in [0.2, 0.25) is 0 Å². The number of halogens is 1. The molecule has 0 fully saturated rings. The number of nitrogens with two attached hydrogens (primary N) is 1. The summed E-state index contributed by atoms with van der Waals surface area (Å²) in [6.07, 6.45) is 1.57. The monoisotopic (exact) mass is 231 g/mol. The molecule has 12 heavy (non-hydrogen) atoms. The maximum Gasteiger partial charge on any atom is 0.156 e. The van der Waals surface area contributed by atoms with Crippen LogP contribution in [0.5, 0.6) is 0 Å². The van der Waals surface area contributed by atoms with Crippen molar-refractivity contribution >= 4 is 21.7 Å². The smallest absolute Gasteiger partial charge is 0.156 e. The first-order valence-electron chi connectivity index (χ1n) is 3.54. The van der Waals surface area contributed by atoms with Crippen molar-refractivity contribution in [3.8, 4) is 0 Å². The van der Waals surface area contributed by atoms with Crippen molar-refractivity contribution in [2.75, 3.05) is 12.3 Å². The number of rotatable bonds is 2. The van der Waals surface area contributed by atoms with E-state index >= 15 is 0 Å². The highest BCUT2D eigenvalue weighted by atomic mass is 79.9. The van der Waals surface area contributed by atoms with Crippen molar-refractivity contribution in [1.29, 1.82) is 0 Å². The number of nitrogen functional groups attached to an aromatic ring is 1. The van der Waals surface area contributed by atoms with Gasteiger partial charge in [0.2, 0.25) is 0 Å². The second-order valence-corrected chi connectivity index (χ2v) is 3.31. The molecular formula is C7H10BrN3O. The molecule has 0 aliphatic carbocycles.